The normalized spacial score (nSPS) is 11.6. The molecule has 1 aromatic heterocycles. The summed E-state index contributed by atoms with van der Waals surface area (Å²) in [6.07, 6.45) is 0. The topological polar surface area (TPSA) is 34.1 Å². The lowest BCUT2D eigenvalue weighted by Gasteiger charge is -1.95. The predicted molar refractivity (Wildman–Crippen MR) is 62.8 cm³/mol. The quantitative estimate of drug-likeness (QED) is 0.787. The van der Waals surface area contributed by atoms with Crippen molar-refractivity contribution in [2.24, 2.45) is 0 Å². The minimum atomic E-state index is -3.68. The lowest BCUT2D eigenvalue weighted by Crippen LogP contribution is -1.83. The van der Waals surface area contributed by atoms with Crippen LogP contribution in [-0.4, -0.2) is 8.42 Å². The Labute approximate surface area is 101 Å². The summed E-state index contributed by atoms with van der Waals surface area (Å²) in [5.74, 6) is -0.328. The zero-order valence-electron chi connectivity index (χ0n) is 7.85. The molecule has 0 aliphatic heterocycles. The van der Waals surface area contributed by atoms with E-state index in [1.54, 1.807) is 18.2 Å². The van der Waals surface area contributed by atoms with Crippen LogP contribution < -0.4 is 0 Å². The highest BCUT2D eigenvalue weighted by Gasteiger charge is 2.13. The third kappa shape index (κ3) is 2.42. The monoisotopic (exact) mass is 276 g/mol. The van der Waals surface area contributed by atoms with Gasteiger partial charge in [-0.15, -0.1) is 11.3 Å². The second-order valence-electron chi connectivity index (χ2n) is 3.06. The van der Waals surface area contributed by atoms with Gasteiger partial charge in [-0.2, -0.15) is 0 Å². The Morgan fingerprint density at radius 1 is 1.06 bits per heavy atom. The van der Waals surface area contributed by atoms with E-state index in [1.807, 2.05) is 0 Å². The van der Waals surface area contributed by atoms with Crippen LogP contribution >= 0.6 is 22.0 Å². The van der Waals surface area contributed by atoms with Crippen LogP contribution in [0.15, 0.2) is 40.6 Å². The highest BCUT2D eigenvalue weighted by Crippen LogP contribution is 2.32. The van der Waals surface area contributed by atoms with Gasteiger partial charge in [0.15, 0.2) is 0 Å². The van der Waals surface area contributed by atoms with E-state index in [4.69, 9.17) is 10.7 Å². The molecule has 0 amide bonds. The Balaban J connectivity index is 2.43. The molecule has 0 bridgehead atoms. The van der Waals surface area contributed by atoms with E-state index < -0.39 is 9.05 Å². The van der Waals surface area contributed by atoms with Crippen LogP contribution in [0.25, 0.3) is 10.4 Å². The van der Waals surface area contributed by atoms with Gasteiger partial charge in [-0.05, 0) is 29.8 Å². The van der Waals surface area contributed by atoms with Crippen LogP contribution in [0.5, 0.6) is 0 Å². The van der Waals surface area contributed by atoms with Crippen molar-refractivity contribution in [1.82, 2.24) is 0 Å². The summed E-state index contributed by atoms with van der Waals surface area (Å²) >= 11 is 1.06. The second kappa shape index (κ2) is 4.16. The lowest BCUT2D eigenvalue weighted by molar-refractivity contribution is 0.611. The van der Waals surface area contributed by atoms with Gasteiger partial charge in [0, 0.05) is 15.6 Å². The molecule has 0 saturated heterocycles. The van der Waals surface area contributed by atoms with Crippen molar-refractivity contribution in [2.45, 2.75) is 4.21 Å². The smallest absolute Gasteiger partial charge is 0.207 e. The van der Waals surface area contributed by atoms with Gasteiger partial charge in [0.25, 0.3) is 9.05 Å². The van der Waals surface area contributed by atoms with Crippen molar-refractivity contribution in [2.75, 3.05) is 0 Å². The Morgan fingerprint density at radius 3 is 2.19 bits per heavy atom. The van der Waals surface area contributed by atoms with Gasteiger partial charge < -0.3 is 0 Å². The molecule has 0 fully saturated rings. The van der Waals surface area contributed by atoms with Gasteiger partial charge >= 0.3 is 0 Å². The number of thiophene rings is 1. The first-order valence-electron chi connectivity index (χ1n) is 4.27. The molecule has 0 aliphatic rings. The Morgan fingerprint density at radius 2 is 1.69 bits per heavy atom. The molecule has 6 heteroatoms. The standard InChI is InChI=1S/C10H6ClFO2S2/c11-16(13,14)10-6-5-9(15-10)7-1-3-8(12)4-2-7/h1-6H. The minimum absolute atomic E-state index is 0.0912. The fourth-order valence-corrected chi connectivity index (χ4v) is 3.30. The third-order valence-corrected chi connectivity index (χ3v) is 5.18. The molecule has 0 aliphatic carbocycles. The molecule has 0 saturated carbocycles. The molecule has 0 N–H and O–H groups in total. The van der Waals surface area contributed by atoms with Crippen LogP contribution in [0.1, 0.15) is 0 Å². The average Bonchev–Trinajstić information content (AvgIpc) is 2.67. The van der Waals surface area contributed by atoms with Crippen molar-refractivity contribution < 1.29 is 12.8 Å². The SMILES string of the molecule is O=S(=O)(Cl)c1ccc(-c2ccc(F)cc2)s1. The van der Waals surface area contributed by atoms with E-state index in [0.29, 0.717) is 0 Å². The van der Waals surface area contributed by atoms with Crippen molar-refractivity contribution in [3.63, 3.8) is 0 Å². The maximum atomic E-state index is 12.7. The van der Waals surface area contributed by atoms with Gasteiger partial charge in [0.2, 0.25) is 0 Å². The average molecular weight is 277 g/mol. The minimum Gasteiger partial charge on any atom is -0.207 e. The van der Waals surface area contributed by atoms with E-state index in [2.05, 4.69) is 0 Å². The molecule has 0 atom stereocenters. The van der Waals surface area contributed by atoms with Gasteiger partial charge in [0.1, 0.15) is 10.0 Å². The molecule has 0 unspecified atom stereocenters. The molecule has 2 aromatic rings. The van der Waals surface area contributed by atoms with Crippen molar-refractivity contribution in [3.05, 3.63) is 42.2 Å². The van der Waals surface area contributed by atoms with E-state index in [1.165, 1.54) is 18.2 Å². The molecule has 16 heavy (non-hydrogen) atoms. The molecule has 0 spiro atoms. The van der Waals surface area contributed by atoms with Gasteiger partial charge in [-0.1, -0.05) is 12.1 Å². The van der Waals surface area contributed by atoms with Gasteiger partial charge in [-0.3, -0.25) is 0 Å². The first-order chi connectivity index (χ1) is 7.47. The highest BCUT2D eigenvalue weighted by molar-refractivity contribution is 8.15. The summed E-state index contributed by atoms with van der Waals surface area (Å²) in [6.45, 7) is 0. The molecule has 0 radical (unpaired) electrons. The fourth-order valence-electron chi connectivity index (χ4n) is 1.22. The van der Waals surface area contributed by atoms with Gasteiger partial charge in [-0.25, -0.2) is 12.8 Å². The first kappa shape index (κ1) is 11.6. The molecular formula is C10H6ClFO2S2. The number of hydrogen-bond acceptors (Lipinski definition) is 3. The number of halogens is 2. The fraction of sp³-hybridized carbons (Fsp3) is 0. The zero-order chi connectivity index (χ0) is 11.8. The van der Waals surface area contributed by atoms with Crippen molar-refractivity contribution >= 4 is 31.1 Å². The van der Waals surface area contributed by atoms with Crippen molar-refractivity contribution in [3.8, 4) is 10.4 Å². The van der Waals surface area contributed by atoms with Crippen LogP contribution in [0.3, 0.4) is 0 Å². The van der Waals surface area contributed by atoms with Crippen LogP contribution in [0, 0.1) is 5.82 Å². The summed E-state index contributed by atoms with van der Waals surface area (Å²) in [5.41, 5.74) is 0.762. The van der Waals surface area contributed by atoms with E-state index in [-0.39, 0.29) is 10.0 Å². The van der Waals surface area contributed by atoms with Gasteiger partial charge in [0.05, 0.1) is 0 Å². The number of hydrogen-bond donors (Lipinski definition) is 0. The summed E-state index contributed by atoms with van der Waals surface area (Å²) in [5, 5.41) is 0. The van der Waals surface area contributed by atoms with E-state index >= 15 is 0 Å². The molecule has 2 nitrogen and oxygen atoms in total. The third-order valence-electron chi connectivity index (χ3n) is 1.95. The molecular weight excluding hydrogens is 271 g/mol. The first-order valence-corrected chi connectivity index (χ1v) is 7.40. The largest absolute Gasteiger partial charge is 0.270 e. The van der Waals surface area contributed by atoms with Crippen LogP contribution in [0.4, 0.5) is 4.39 Å². The second-order valence-corrected chi connectivity index (χ2v) is 6.94. The maximum absolute atomic E-state index is 12.7. The summed E-state index contributed by atoms with van der Waals surface area (Å²) in [6, 6.07) is 8.91. The molecule has 1 aromatic carbocycles. The molecule has 2 rings (SSSR count). The Hall–Kier alpha value is -0.910. The van der Waals surface area contributed by atoms with E-state index in [0.717, 1.165) is 21.8 Å². The number of benzene rings is 1. The van der Waals surface area contributed by atoms with Crippen LogP contribution in [-0.2, 0) is 9.05 Å². The Kier molecular flexibility index (Phi) is 3.01. The van der Waals surface area contributed by atoms with E-state index in [9.17, 15) is 12.8 Å². The van der Waals surface area contributed by atoms with Crippen LogP contribution in [0.2, 0.25) is 0 Å². The lowest BCUT2D eigenvalue weighted by atomic mass is 10.2. The molecule has 1 heterocycles. The highest BCUT2D eigenvalue weighted by atomic mass is 35.7. The summed E-state index contributed by atoms with van der Waals surface area (Å²) in [7, 11) is 1.53. The summed E-state index contributed by atoms with van der Waals surface area (Å²) < 4.78 is 34.9. The number of rotatable bonds is 2. The maximum Gasteiger partial charge on any atom is 0.270 e. The Bertz CT molecular complexity index is 602. The molecule has 84 valence electrons. The van der Waals surface area contributed by atoms with Crippen molar-refractivity contribution in [1.29, 1.82) is 0 Å². The predicted octanol–water partition coefficient (Wildman–Crippen LogP) is 3.48. The summed E-state index contributed by atoms with van der Waals surface area (Å²) in [4.78, 5) is 0.735. The zero-order valence-corrected chi connectivity index (χ0v) is 10.2.